The van der Waals surface area contributed by atoms with Crippen LogP contribution in [-0.2, 0) is 12.8 Å². The van der Waals surface area contributed by atoms with Gasteiger partial charge in [-0.2, -0.15) is 0 Å². The molecule has 2 unspecified atom stereocenters. The van der Waals surface area contributed by atoms with Crippen LogP contribution in [0.4, 0.5) is 4.39 Å². The molecule has 0 radical (unpaired) electrons. The highest BCUT2D eigenvalue weighted by atomic mass is 32.1. The van der Waals surface area contributed by atoms with Gasteiger partial charge in [0.15, 0.2) is 0 Å². The van der Waals surface area contributed by atoms with Crippen molar-refractivity contribution in [3.63, 3.8) is 0 Å². The Morgan fingerprint density at radius 2 is 2.25 bits per heavy atom. The van der Waals surface area contributed by atoms with E-state index in [1.807, 2.05) is 0 Å². The van der Waals surface area contributed by atoms with Gasteiger partial charge < -0.3 is 5.73 Å². The van der Waals surface area contributed by atoms with Crippen LogP contribution in [0.15, 0.2) is 12.1 Å². The van der Waals surface area contributed by atoms with E-state index >= 15 is 0 Å². The van der Waals surface area contributed by atoms with E-state index in [2.05, 4.69) is 19.1 Å². The summed E-state index contributed by atoms with van der Waals surface area (Å²) in [6, 6.07) is 4.25. The van der Waals surface area contributed by atoms with Crippen molar-refractivity contribution < 1.29 is 4.39 Å². The number of halogens is 1. The van der Waals surface area contributed by atoms with E-state index in [-0.39, 0.29) is 6.04 Å². The van der Waals surface area contributed by atoms with Crippen molar-refractivity contribution in [2.24, 2.45) is 5.73 Å². The van der Waals surface area contributed by atoms with Crippen LogP contribution in [0.5, 0.6) is 0 Å². The van der Waals surface area contributed by atoms with Gasteiger partial charge in [-0.25, -0.2) is 4.39 Å². The molecule has 1 aromatic rings. The molecule has 0 amide bonds. The zero-order valence-corrected chi connectivity index (χ0v) is 10.7. The fourth-order valence-electron chi connectivity index (χ4n) is 2.54. The molecule has 1 nitrogen and oxygen atoms in total. The third-order valence-electron chi connectivity index (χ3n) is 3.38. The number of hydrogen-bond donors (Lipinski definition) is 1. The summed E-state index contributed by atoms with van der Waals surface area (Å²) in [4.78, 5) is 2.52. The van der Waals surface area contributed by atoms with Gasteiger partial charge in [-0.15, -0.1) is 11.3 Å². The molecule has 1 aliphatic rings. The van der Waals surface area contributed by atoms with E-state index in [1.165, 1.54) is 9.75 Å². The van der Waals surface area contributed by atoms with Crippen molar-refractivity contribution >= 4 is 11.3 Å². The average molecular weight is 241 g/mol. The summed E-state index contributed by atoms with van der Waals surface area (Å²) in [5.74, 6) is 0. The molecular weight excluding hydrogens is 221 g/mol. The predicted molar refractivity (Wildman–Crippen MR) is 67.7 cm³/mol. The molecule has 1 aliphatic carbocycles. The van der Waals surface area contributed by atoms with Crippen LogP contribution in [0.3, 0.4) is 0 Å². The summed E-state index contributed by atoms with van der Waals surface area (Å²) in [5, 5.41) is 0. The van der Waals surface area contributed by atoms with Gasteiger partial charge in [0, 0.05) is 22.2 Å². The SMILES string of the molecule is CCc1ccc(CC2(F)CCCC(N)C2)s1. The Morgan fingerprint density at radius 1 is 1.50 bits per heavy atom. The first-order valence-corrected chi connectivity index (χ1v) is 6.95. The Kier molecular flexibility index (Phi) is 3.65. The molecule has 2 rings (SSSR count). The minimum Gasteiger partial charge on any atom is -0.328 e. The number of aryl methyl sites for hydroxylation is 1. The zero-order valence-electron chi connectivity index (χ0n) is 9.84. The summed E-state index contributed by atoms with van der Waals surface area (Å²) < 4.78 is 14.5. The standard InChI is InChI=1S/C13H20FNS/c1-2-11-5-6-12(16-11)9-13(14)7-3-4-10(15)8-13/h5-6,10H,2-4,7-9,15H2,1H3. The van der Waals surface area contributed by atoms with Crippen LogP contribution in [0, 0.1) is 0 Å². The second-order valence-corrected chi connectivity index (χ2v) is 6.16. The fourth-order valence-corrected chi connectivity index (χ4v) is 3.62. The number of nitrogens with two attached hydrogens (primary N) is 1. The van der Waals surface area contributed by atoms with E-state index in [1.54, 1.807) is 11.3 Å². The van der Waals surface area contributed by atoms with Crippen molar-refractivity contribution in [3.05, 3.63) is 21.9 Å². The first-order valence-electron chi connectivity index (χ1n) is 6.13. The molecule has 0 spiro atoms. The maximum absolute atomic E-state index is 14.5. The second-order valence-electron chi connectivity index (χ2n) is 4.91. The molecule has 90 valence electrons. The van der Waals surface area contributed by atoms with Crippen molar-refractivity contribution in [1.82, 2.24) is 0 Å². The smallest absolute Gasteiger partial charge is 0.117 e. The van der Waals surface area contributed by atoms with Crippen LogP contribution in [0.25, 0.3) is 0 Å². The summed E-state index contributed by atoms with van der Waals surface area (Å²) in [7, 11) is 0. The average Bonchev–Trinajstić information content (AvgIpc) is 2.64. The molecule has 0 saturated heterocycles. The van der Waals surface area contributed by atoms with E-state index in [9.17, 15) is 4.39 Å². The van der Waals surface area contributed by atoms with Gasteiger partial charge in [0.1, 0.15) is 5.67 Å². The zero-order chi connectivity index (χ0) is 11.6. The maximum Gasteiger partial charge on any atom is 0.117 e. The molecular formula is C13H20FNS. The Morgan fingerprint density at radius 3 is 2.88 bits per heavy atom. The van der Waals surface area contributed by atoms with Crippen LogP contribution >= 0.6 is 11.3 Å². The number of rotatable bonds is 3. The van der Waals surface area contributed by atoms with E-state index in [4.69, 9.17) is 5.73 Å². The second kappa shape index (κ2) is 4.84. The van der Waals surface area contributed by atoms with Gasteiger partial charge in [0.05, 0.1) is 0 Å². The predicted octanol–water partition coefficient (Wildman–Crippen LogP) is 3.46. The van der Waals surface area contributed by atoms with Gasteiger partial charge in [-0.1, -0.05) is 6.92 Å². The Balaban J connectivity index is 2.02. The largest absolute Gasteiger partial charge is 0.328 e. The quantitative estimate of drug-likeness (QED) is 0.861. The summed E-state index contributed by atoms with van der Waals surface area (Å²) in [6.07, 6.45) is 4.74. The molecule has 1 saturated carbocycles. The summed E-state index contributed by atoms with van der Waals surface area (Å²) in [5.41, 5.74) is 4.81. The van der Waals surface area contributed by atoms with Crippen LogP contribution in [-0.4, -0.2) is 11.7 Å². The molecule has 1 heterocycles. The van der Waals surface area contributed by atoms with Crippen molar-refractivity contribution in [2.75, 3.05) is 0 Å². The highest BCUT2D eigenvalue weighted by Crippen LogP contribution is 2.35. The summed E-state index contributed by atoms with van der Waals surface area (Å²) in [6.45, 7) is 2.14. The molecule has 16 heavy (non-hydrogen) atoms. The van der Waals surface area contributed by atoms with E-state index in [0.29, 0.717) is 19.3 Å². The molecule has 0 aromatic carbocycles. The van der Waals surface area contributed by atoms with E-state index < -0.39 is 5.67 Å². The normalized spacial score (nSPS) is 30.6. The van der Waals surface area contributed by atoms with Crippen LogP contribution < -0.4 is 5.73 Å². The molecule has 2 N–H and O–H groups in total. The molecule has 3 heteroatoms. The van der Waals surface area contributed by atoms with Gasteiger partial charge >= 0.3 is 0 Å². The molecule has 0 aliphatic heterocycles. The van der Waals surface area contributed by atoms with Crippen molar-refractivity contribution in [3.8, 4) is 0 Å². The lowest BCUT2D eigenvalue weighted by atomic mass is 9.81. The third kappa shape index (κ3) is 2.83. The van der Waals surface area contributed by atoms with E-state index in [0.717, 1.165) is 19.3 Å². The highest BCUT2D eigenvalue weighted by molar-refractivity contribution is 7.12. The number of hydrogen-bond acceptors (Lipinski definition) is 2. The lowest BCUT2D eigenvalue weighted by Gasteiger charge is -2.32. The highest BCUT2D eigenvalue weighted by Gasteiger charge is 2.35. The lowest BCUT2D eigenvalue weighted by Crippen LogP contribution is -2.39. The molecule has 2 atom stereocenters. The van der Waals surface area contributed by atoms with Crippen molar-refractivity contribution in [2.45, 2.75) is 57.2 Å². The number of thiophene rings is 1. The topological polar surface area (TPSA) is 26.0 Å². The molecule has 0 bridgehead atoms. The van der Waals surface area contributed by atoms with Gasteiger partial charge in [-0.3, -0.25) is 0 Å². The summed E-state index contributed by atoms with van der Waals surface area (Å²) >= 11 is 1.75. The minimum absolute atomic E-state index is 0.0596. The van der Waals surface area contributed by atoms with Crippen LogP contribution in [0.1, 0.15) is 42.4 Å². The van der Waals surface area contributed by atoms with Crippen molar-refractivity contribution in [1.29, 1.82) is 0 Å². The molecule has 1 aromatic heterocycles. The first kappa shape index (κ1) is 12.1. The third-order valence-corrected chi connectivity index (χ3v) is 4.61. The number of alkyl halides is 1. The maximum atomic E-state index is 14.5. The Bertz CT molecular complexity index is 349. The monoisotopic (exact) mass is 241 g/mol. The minimum atomic E-state index is -1.05. The van der Waals surface area contributed by atoms with Gasteiger partial charge in [-0.05, 0) is 44.2 Å². The Labute approximate surface area is 101 Å². The van der Waals surface area contributed by atoms with Crippen LogP contribution in [0.2, 0.25) is 0 Å². The Hall–Kier alpha value is -0.410. The van der Waals surface area contributed by atoms with Gasteiger partial charge in [0.25, 0.3) is 0 Å². The van der Waals surface area contributed by atoms with Gasteiger partial charge in [0.2, 0.25) is 0 Å². The lowest BCUT2D eigenvalue weighted by molar-refractivity contribution is 0.0974. The first-order chi connectivity index (χ1) is 7.61. The molecule has 1 fully saturated rings. The fraction of sp³-hybridized carbons (Fsp3) is 0.692.